The Hall–Kier alpha value is -1.34. The summed E-state index contributed by atoms with van der Waals surface area (Å²) in [4.78, 5) is 34.2. The summed E-state index contributed by atoms with van der Waals surface area (Å²) >= 11 is 3.05. The molecule has 1 atom stereocenters. The van der Waals surface area contributed by atoms with Crippen molar-refractivity contribution in [1.82, 2.24) is 14.5 Å². The Morgan fingerprint density at radius 1 is 1.41 bits per heavy atom. The number of thioether (sulfide) groups is 1. The Bertz CT molecular complexity index is 887. The van der Waals surface area contributed by atoms with Crippen LogP contribution < -0.4 is 5.56 Å². The van der Waals surface area contributed by atoms with Gasteiger partial charge >= 0.3 is 0 Å². The molecule has 0 radical (unpaired) electrons. The molecule has 148 valence electrons. The van der Waals surface area contributed by atoms with Gasteiger partial charge in [0.15, 0.2) is 5.16 Å². The summed E-state index contributed by atoms with van der Waals surface area (Å²) in [5, 5.41) is 1.48. The molecule has 0 fully saturated rings. The first-order valence-corrected chi connectivity index (χ1v) is 11.7. The van der Waals surface area contributed by atoms with Crippen LogP contribution in [0.15, 0.2) is 9.95 Å². The third-order valence-electron chi connectivity index (χ3n) is 5.29. The monoisotopic (exact) mass is 407 g/mol. The number of hydrogen-bond donors (Lipinski definition) is 0. The van der Waals surface area contributed by atoms with Crippen LogP contribution in [0.5, 0.6) is 0 Å². The highest BCUT2D eigenvalue weighted by Gasteiger charge is 2.24. The summed E-state index contributed by atoms with van der Waals surface area (Å²) in [6, 6.07) is 0. The van der Waals surface area contributed by atoms with E-state index in [4.69, 9.17) is 4.98 Å². The number of aromatic nitrogens is 2. The predicted molar refractivity (Wildman–Crippen MR) is 114 cm³/mol. The maximum Gasteiger partial charge on any atom is 0.263 e. The lowest BCUT2D eigenvalue weighted by molar-refractivity contribution is -0.127. The molecule has 3 rings (SSSR count). The van der Waals surface area contributed by atoms with Gasteiger partial charge in [0.25, 0.3) is 5.56 Å². The van der Waals surface area contributed by atoms with E-state index >= 15 is 0 Å². The SMILES string of the molecule is CCCCN(C)C(=O)CSc1nc2sc3c(c2c(=O)n1CC)CC[C@@H](C)C3. The van der Waals surface area contributed by atoms with Gasteiger partial charge in [-0.3, -0.25) is 14.2 Å². The van der Waals surface area contributed by atoms with Crippen LogP contribution in [-0.2, 0) is 24.2 Å². The van der Waals surface area contributed by atoms with Crippen molar-refractivity contribution in [2.24, 2.45) is 5.92 Å². The summed E-state index contributed by atoms with van der Waals surface area (Å²) < 4.78 is 1.73. The first kappa shape index (κ1) is 20.4. The Balaban J connectivity index is 1.88. The second kappa shape index (κ2) is 8.78. The van der Waals surface area contributed by atoms with Gasteiger partial charge in [0.1, 0.15) is 4.83 Å². The van der Waals surface area contributed by atoms with E-state index in [0.717, 1.165) is 48.9 Å². The van der Waals surface area contributed by atoms with Crippen molar-refractivity contribution in [3.8, 4) is 0 Å². The highest BCUT2D eigenvalue weighted by Crippen LogP contribution is 2.36. The number of hydrogen-bond acceptors (Lipinski definition) is 5. The molecule has 7 heteroatoms. The van der Waals surface area contributed by atoms with Crippen molar-refractivity contribution in [3.63, 3.8) is 0 Å². The zero-order valence-electron chi connectivity index (χ0n) is 16.7. The minimum atomic E-state index is 0.0591. The zero-order valence-corrected chi connectivity index (χ0v) is 18.3. The number of unbranched alkanes of at least 4 members (excludes halogenated alkanes) is 1. The van der Waals surface area contributed by atoms with Gasteiger partial charge in [0, 0.05) is 25.0 Å². The molecule has 27 heavy (non-hydrogen) atoms. The maximum atomic E-state index is 13.1. The van der Waals surface area contributed by atoms with Crippen LogP contribution >= 0.6 is 23.1 Å². The summed E-state index contributed by atoms with van der Waals surface area (Å²) in [5.41, 5.74) is 1.28. The highest BCUT2D eigenvalue weighted by atomic mass is 32.2. The molecule has 0 saturated heterocycles. The van der Waals surface area contributed by atoms with Crippen molar-refractivity contribution in [1.29, 1.82) is 0 Å². The molecule has 0 saturated carbocycles. The number of carbonyl (C=O) groups is 1. The lowest BCUT2D eigenvalue weighted by Gasteiger charge is -2.18. The van der Waals surface area contributed by atoms with Crippen molar-refractivity contribution in [3.05, 3.63) is 20.8 Å². The Labute approximate surface area is 169 Å². The number of aryl methyl sites for hydroxylation is 1. The molecule has 2 aromatic rings. The van der Waals surface area contributed by atoms with E-state index in [-0.39, 0.29) is 11.5 Å². The van der Waals surface area contributed by atoms with Gasteiger partial charge in [0.2, 0.25) is 5.91 Å². The number of thiophene rings is 1. The molecule has 0 bridgehead atoms. The molecular weight excluding hydrogens is 378 g/mol. The molecule has 0 N–H and O–H groups in total. The van der Waals surface area contributed by atoms with E-state index in [1.54, 1.807) is 20.8 Å². The van der Waals surface area contributed by atoms with Gasteiger partial charge in [-0.05, 0) is 44.1 Å². The fourth-order valence-electron chi connectivity index (χ4n) is 3.55. The van der Waals surface area contributed by atoms with E-state index < -0.39 is 0 Å². The van der Waals surface area contributed by atoms with Gasteiger partial charge in [-0.1, -0.05) is 32.0 Å². The van der Waals surface area contributed by atoms with Crippen molar-refractivity contribution < 1.29 is 4.79 Å². The fourth-order valence-corrected chi connectivity index (χ4v) is 5.98. The molecule has 5 nitrogen and oxygen atoms in total. The van der Waals surface area contributed by atoms with Gasteiger partial charge in [-0.25, -0.2) is 4.98 Å². The van der Waals surface area contributed by atoms with Crippen LogP contribution in [-0.4, -0.2) is 39.7 Å². The highest BCUT2D eigenvalue weighted by molar-refractivity contribution is 7.99. The summed E-state index contributed by atoms with van der Waals surface area (Å²) in [6.45, 7) is 7.71. The smallest absolute Gasteiger partial charge is 0.263 e. The molecule has 0 aliphatic heterocycles. The van der Waals surface area contributed by atoms with E-state index in [0.29, 0.717) is 23.4 Å². The van der Waals surface area contributed by atoms with Crippen molar-refractivity contribution in [2.45, 2.75) is 64.6 Å². The van der Waals surface area contributed by atoms with Gasteiger partial charge in [0.05, 0.1) is 11.1 Å². The van der Waals surface area contributed by atoms with Crippen LogP contribution in [0.2, 0.25) is 0 Å². The van der Waals surface area contributed by atoms with E-state index in [1.165, 1.54) is 22.2 Å². The zero-order chi connectivity index (χ0) is 19.6. The number of nitrogens with zero attached hydrogens (tertiary/aromatic N) is 3. The summed E-state index contributed by atoms with van der Waals surface area (Å²) in [7, 11) is 1.84. The number of amides is 1. The molecule has 0 unspecified atom stereocenters. The Morgan fingerprint density at radius 3 is 2.89 bits per heavy atom. The van der Waals surface area contributed by atoms with Crippen LogP contribution in [0.25, 0.3) is 10.2 Å². The number of fused-ring (bicyclic) bond motifs is 3. The summed E-state index contributed by atoms with van der Waals surface area (Å²) in [6.07, 6.45) is 5.24. The minimum Gasteiger partial charge on any atom is -0.345 e. The topological polar surface area (TPSA) is 55.2 Å². The van der Waals surface area contributed by atoms with Crippen molar-refractivity contribution in [2.75, 3.05) is 19.3 Å². The quantitative estimate of drug-likeness (QED) is 0.515. The predicted octanol–water partition coefficient (Wildman–Crippen LogP) is 3.95. The lowest BCUT2D eigenvalue weighted by Crippen LogP contribution is -2.30. The van der Waals surface area contributed by atoms with E-state index in [1.807, 2.05) is 14.0 Å². The molecule has 1 aliphatic carbocycles. The van der Waals surface area contributed by atoms with Crippen LogP contribution in [0.3, 0.4) is 0 Å². The molecule has 0 aromatic carbocycles. The van der Waals surface area contributed by atoms with E-state index in [9.17, 15) is 9.59 Å². The molecule has 2 heterocycles. The Kier molecular flexibility index (Phi) is 6.63. The standard InChI is InChI=1S/C20H29N3O2S2/c1-5-7-10-22(4)16(24)12-26-20-21-18-17(19(25)23(20)6-2)14-9-8-13(3)11-15(14)27-18/h13H,5-12H2,1-4H3/t13-/m1/s1. The van der Waals surface area contributed by atoms with E-state index in [2.05, 4.69) is 13.8 Å². The minimum absolute atomic E-state index is 0.0591. The maximum absolute atomic E-state index is 13.1. The van der Waals surface area contributed by atoms with Gasteiger partial charge in [-0.15, -0.1) is 11.3 Å². The van der Waals surface area contributed by atoms with Crippen LogP contribution in [0, 0.1) is 5.92 Å². The van der Waals surface area contributed by atoms with Gasteiger partial charge < -0.3 is 4.90 Å². The first-order valence-electron chi connectivity index (χ1n) is 9.88. The van der Waals surface area contributed by atoms with Crippen molar-refractivity contribution >= 4 is 39.2 Å². The normalized spacial score (nSPS) is 16.5. The molecule has 1 aliphatic rings. The second-order valence-electron chi connectivity index (χ2n) is 7.43. The van der Waals surface area contributed by atoms with Crippen LogP contribution in [0.4, 0.5) is 0 Å². The molecule has 1 amide bonds. The largest absolute Gasteiger partial charge is 0.345 e. The molecular formula is C20H29N3O2S2. The molecule has 2 aromatic heterocycles. The Morgan fingerprint density at radius 2 is 2.19 bits per heavy atom. The molecule has 0 spiro atoms. The number of rotatable bonds is 7. The van der Waals surface area contributed by atoms with Gasteiger partial charge in [-0.2, -0.15) is 0 Å². The average Bonchev–Trinajstić information content (AvgIpc) is 3.01. The third kappa shape index (κ3) is 4.24. The fraction of sp³-hybridized carbons (Fsp3) is 0.650. The van der Waals surface area contributed by atoms with Crippen LogP contribution in [0.1, 0.15) is 50.5 Å². The average molecular weight is 408 g/mol. The third-order valence-corrected chi connectivity index (χ3v) is 7.40. The summed E-state index contributed by atoms with van der Waals surface area (Å²) in [5.74, 6) is 1.08. The second-order valence-corrected chi connectivity index (χ2v) is 9.46. The first-order chi connectivity index (χ1) is 13.0. The number of carbonyl (C=O) groups excluding carboxylic acids is 1. The lowest BCUT2D eigenvalue weighted by atomic mass is 9.89.